The van der Waals surface area contributed by atoms with Gasteiger partial charge >= 0.3 is 0 Å². The number of aromatic nitrogens is 1. The third-order valence-electron chi connectivity index (χ3n) is 3.91. The van der Waals surface area contributed by atoms with Gasteiger partial charge < -0.3 is 15.4 Å². The average Bonchev–Trinajstić information content (AvgIpc) is 2.94. The van der Waals surface area contributed by atoms with Crippen LogP contribution in [0.3, 0.4) is 0 Å². The maximum Gasteiger partial charge on any atom is 0.245 e. The van der Waals surface area contributed by atoms with Crippen molar-refractivity contribution in [2.24, 2.45) is 0 Å². The SMILES string of the molecule is O=C(CO)NCCc1c(-c2ccc(F)cc2)[nH]c2c(F)cc(F)cc12. The molecule has 0 bridgehead atoms. The zero-order valence-electron chi connectivity index (χ0n) is 13.1. The normalized spacial score (nSPS) is 11.0. The van der Waals surface area contributed by atoms with Crippen molar-refractivity contribution in [1.82, 2.24) is 10.3 Å². The van der Waals surface area contributed by atoms with Gasteiger partial charge in [-0.3, -0.25) is 4.79 Å². The van der Waals surface area contributed by atoms with Crippen LogP contribution in [-0.4, -0.2) is 29.1 Å². The van der Waals surface area contributed by atoms with Crippen molar-refractivity contribution in [1.29, 1.82) is 0 Å². The molecular formula is C18H15F3N2O2. The zero-order chi connectivity index (χ0) is 18.0. The molecule has 25 heavy (non-hydrogen) atoms. The molecule has 7 heteroatoms. The molecule has 1 heterocycles. The lowest BCUT2D eigenvalue weighted by molar-refractivity contribution is -0.123. The van der Waals surface area contributed by atoms with Crippen LogP contribution in [0.5, 0.6) is 0 Å². The first-order valence-corrected chi connectivity index (χ1v) is 7.62. The molecule has 0 fully saturated rings. The summed E-state index contributed by atoms with van der Waals surface area (Å²) in [7, 11) is 0. The van der Waals surface area contributed by atoms with Crippen LogP contribution in [0.2, 0.25) is 0 Å². The third-order valence-corrected chi connectivity index (χ3v) is 3.91. The maximum atomic E-state index is 14.1. The summed E-state index contributed by atoms with van der Waals surface area (Å²) < 4.78 is 40.9. The van der Waals surface area contributed by atoms with E-state index in [0.29, 0.717) is 22.2 Å². The zero-order valence-corrected chi connectivity index (χ0v) is 13.1. The molecule has 0 saturated heterocycles. The number of carbonyl (C=O) groups is 1. The monoisotopic (exact) mass is 348 g/mol. The Balaban J connectivity index is 2.07. The van der Waals surface area contributed by atoms with Gasteiger partial charge in [-0.2, -0.15) is 0 Å². The van der Waals surface area contributed by atoms with Crippen molar-refractivity contribution < 1.29 is 23.1 Å². The van der Waals surface area contributed by atoms with E-state index in [0.717, 1.165) is 6.07 Å². The molecule has 0 aliphatic carbocycles. The second kappa shape index (κ2) is 6.98. The van der Waals surface area contributed by atoms with Gasteiger partial charge in [0.2, 0.25) is 5.91 Å². The molecular weight excluding hydrogens is 333 g/mol. The lowest BCUT2D eigenvalue weighted by Gasteiger charge is -2.07. The van der Waals surface area contributed by atoms with Crippen molar-refractivity contribution in [3.63, 3.8) is 0 Å². The number of fused-ring (bicyclic) bond motifs is 1. The van der Waals surface area contributed by atoms with E-state index in [1.54, 1.807) is 0 Å². The van der Waals surface area contributed by atoms with E-state index < -0.39 is 30.0 Å². The molecule has 0 spiro atoms. The van der Waals surface area contributed by atoms with E-state index in [4.69, 9.17) is 5.11 Å². The molecule has 0 atom stereocenters. The van der Waals surface area contributed by atoms with E-state index in [-0.39, 0.29) is 18.5 Å². The number of aliphatic hydroxyl groups is 1. The fourth-order valence-electron chi connectivity index (χ4n) is 2.78. The average molecular weight is 348 g/mol. The van der Waals surface area contributed by atoms with E-state index in [9.17, 15) is 18.0 Å². The molecule has 3 rings (SSSR count). The number of aromatic amines is 1. The summed E-state index contributed by atoms with van der Waals surface area (Å²) >= 11 is 0. The minimum atomic E-state index is -0.732. The highest BCUT2D eigenvalue weighted by atomic mass is 19.1. The summed E-state index contributed by atoms with van der Waals surface area (Å²) in [4.78, 5) is 14.1. The second-order valence-electron chi connectivity index (χ2n) is 5.55. The fourth-order valence-corrected chi connectivity index (χ4v) is 2.78. The number of benzene rings is 2. The molecule has 1 aromatic heterocycles. The van der Waals surface area contributed by atoms with Gasteiger partial charge in [-0.25, -0.2) is 13.2 Å². The van der Waals surface area contributed by atoms with Crippen LogP contribution >= 0.6 is 0 Å². The standard InChI is InChI=1S/C18H15F3N2O2/c19-11-3-1-10(2-4-11)17-13(5-6-22-16(25)9-24)14-7-12(20)8-15(21)18(14)23-17/h1-4,7-8,23-24H,5-6,9H2,(H,22,25). The Morgan fingerprint density at radius 1 is 1.08 bits per heavy atom. The lowest BCUT2D eigenvalue weighted by atomic mass is 10.0. The summed E-state index contributed by atoms with van der Waals surface area (Å²) in [6.45, 7) is -0.458. The molecule has 0 aliphatic heterocycles. The van der Waals surface area contributed by atoms with Crippen LogP contribution in [0.1, 0.15) is 5.56 Å². The van der Waals surface area contributed by atoms with Gasteiger partial charge in [-0.1, -0.05) is 0 Å². The Morgan fingerprint density at radius 3 is 2.48 bits per heavy atom. The van der Waals surface area contributed by atoms with E-state index in [1.165, 1.54) is 30.3 Å². The van der Waals surface area contributed by atoms with Crippen molar-refractivity contribution in [3.05, 3.63) is 59.4 Å². The van der Waals surface area contributed by atoms with Crippen LogP contribution < -0.4 is 5.32 Å². The molecule has 0 saturated carbocycles. The third kappa shape index (κ3) is 3.51. The van der Waals surface area contributed by atoms with E-state index >= 15 is 0 Å². The Kier molecular flexibility index (Phi) is 4.76. The number of hydrogen-bond donors (Lipinski definition) is 3. The Morgan fingerprint density at radius 2 is 1.80 bits per heavy atom. The quantitative estimate of drug-likeness (QED) is 0.664. The fraction of sp³-hybridized carbons (Fsp3) is 0.167. The number of rotatable bonds is 5. The topological polar surface area (TPSA) is 65.1 Å². The van der Waals surface area contributed by atoms with Crippen molar-refractivity contribution in [3.8, 4) is 11.3 Å². The first-order chi connectivity index (χ1) is 12.0. The van der Waals surface area contributed by atoms with Crippen LogP contribution in [0.15, 0.2) is 36.4 Å². The Labute approximate surface area is 141 Å². The highest BCUT2D eigenvalue weighted by Crippen LogP contribution is 2.32. The number of aliphatic hydroxyl groups excluding tert-OH is 1. The molecule has 0 radical (unpaired) electrons. The Hall–Kier alpha value is -2.80. The maximum absolute atomic E-state index is 14.1. The molecule has 0 aliphatic rings. The molecule has 0 unspecified atom stereocenters. The van der Waals surface area contributed by atoms with E-state index in [2.05, 4.69) is 10.3 Å². The first-order valence-electron chi connectivity index (χ1n) is 7.62. The summed E-state index contributed by atoms with van der Waals surface area (Å²) in [5.74, 6) is -2.39. The second-order valence-corrected chi connectivity index (χ2v) is 5.55. The summed E-state index contributed by atoms with van der Waals surface area (Å²) in [6, 6.07) is 7.61. The van der Waals surface area contributed by atoms with Crippen molar-refractivity contribution in [2.75, 3.05) is 13.2 Å². The van der Waals surface area contributed by atoms with Crippen LogP contribution in [0.25, 0.3) is 22.2 Å². The predicted molar refractivity (Wildman–Crippen MR) is 87.4 cm³/mol. The molecule has 2 aromatic carbocycles. The minimum absolute atomic E-state index is 0.143. The van der Waals surface area contributed by atoms with Crippen LogP contribution in [-0.2, 0) is 11.2 Å². The molecule has 3 N–H and O–H groups in total. The molecule has 3 aromatic rings. The minimum Gasteiger partial charge on any atom is -0.387 e. The summed E-state index contributed by atoms with van der Waals surface area (Å²) in [5.41, 5.74) is 1.88. The van der Waals surface area contributed by atoms with Crippen LogP contribution in [0, 0.1) is 17.5 Å². The molecule has 130 valence electrons. The summed E-state index contributed by atoms with van der Waals surface area (Å²) in [6.07, 6.45) is 0.279. The number of hydrogen-bond acceptors (Lipinski definition) is 2. The van der Waals surface area contributed by atoms with Crippen molar-refractivity contribution in [2.45, 2.75) is 6.42 Å². The molecule has 1 amide bonds. The smallest absolute Gasteiger partial charge is 0.245 e. The predicted octanol–water partition coefficient (Wildman–Crippen LogP) is 2.90. The van der Waals surface area contributed by atoms with Crippen molar-refractivity contribution >= 4 is 16.8 Å². The Bertz CT molecular complexity index is 920. The number of H-pyrrole nitrogens is 1. The number of carbonyl (C=O) groups excluding carboxylic acids is 1. The lowest BCUT2D eigenvalue weighted by Crippen LogP contribution is -2.28. The van der Waals surface area contributed by atoms with Gasteiger partial charge in [0.15, 0.2) is 0 Å². The van der Waals surface area contributed by atoms with Gasteiger partial charge in [0, 0.05) is 23.7 Å². The largest absolute Gasteiger partial charge is 0.387 e. The highest BCUT2D eigenvalue weighted by Gasteiger charge is 2.17. The van der Waals surface area contributed by atoms with Crippen LogP contribution in [0.4, 0.5) is 13.2 Å². The number of nitrogens with one attached hydrogen (secondary N) is 2. The van der Waals surface area contributed by atoms with E-state index in [1.807, 2.05) is 0 Å². The molecule has 4 nitrogen and oxygen atoms in total. The highest BCUT2D eigenvalue weighted by molar-refractivity contribution is 5.91. The number of halogens is 3. The van der Waals surface area contributed by atoms with Gasteiger partial charge in [0.05, 0.1) is 5.52 Å². The van der Waals surface area contributed by atoms with Gasteiger partial charge in [-0.15, -0.1) is 0 Å². The van der Waals surface area contributed by atoms with Gasteiger partial charge in [0.1, 0.15) is 24.1 Å². The van der Waals surface area contributed by atoms with Gasteiger partial charge in [-0.05, 0) is 47.9 Å². The number of amides is 1. The first kappa shape index (κ1) is 17.0. The summed E-state index contributed by atoms with van der Waals surface area (Å²) in [5, 5.41) is 11.6. The van der Waals surface area contributed by atoms with Gasteiger partial charge in [0.25, 0.3) is 0 Å².